The van der Waals surface area contributed by atoms with E-state index in [4.69, 9.17) is 4.74 Å². The van der Waals surface area contributed by atoms with Crippen molar-refractivity contribution in [3.8, 4) is 0 Å². The molecule has 6 nitrogen and oxygen atoms in total. The average Bonchev–Trinajstić information content (AvgIpc) is 2.27. The number of rotatable bonds is 3. The van der Waals surface area contributed by atoms with E-state index in [1.807, 2.05) is 0 Å². The number of hydrogen-bond donors (Lipinski definition) is 1. The summed E-state index contributed by atoms with van der Waals surface area (Å²) in [5.41, 5.74) is -0.559. The van der Waals surface area contributed by atoms with Gasteiger partial charge < -0.3 is 4.74 Å². The minimum Gasteiger partial charge on any atom is -0.459 e. The fourth-order valence-corrected chi connectivity index (χ4v) is 1.83. The highest BCUT2D eigenvalue weighted by Crippen LogP contribution is 2.13. The van der Waals surface area contributed by atoms with Crippen LogP contribution in [0.5, 0.6) is 0 Å². The first-order valence-electron chi connectivity index (χ1n) is 6.41. The molecular formula is C13H22N2O4. The summed E-state index contributed by atoms with van der Waals surface area (Å²) < 4.78 is 5.23. The van der Waals surface area contributed by atoms with E-state index in [0.29, 0.717) is 12.8 Å². The van der Waals surface area contributed by atoms with E-state index in [0.717, 1.165) is 4.90 Å². The van der Waals surface area contributed by atoms with Gasteiger partial charge in [0, 0.05) is 13.5 Å². The summed E-state index contributed by atoms with van der Waals surface area (Å²) in [6, 6.07) is -1.10. The van der Waals surface area contributed by atoms with Crippen LogP contribution in [0.15, 0.2) is 0 Å². The Morgan fingerprint density at radius 2 is 2.00 bits per heavy atom. The second-order valence-electron chi connectivity index (χ2n) is 5.80. The number of esters is 1. The zero-order valence-corrected chi connectivity index (χ0v) is 12.1. The quantitative estimate of drug-likeness (QED) is 0.595. The van der Waals surface area contributed by atoms with Crippen LogP contribution >= 0.6 is 0 Å². The van der Waals surface area contributed by atoms with Crippen molar-refractivity contribution in [1.82, 2.24) is 10.2 Å². The van der Waals surface area contributed by atoms with E-state index in [-0.39, 0.29) is 11.8 Å². The first kappa shape index (κ1) is 15.6. The molecule has 1 N–H and O–H groups in total. The van der Waals surface area contributed by atoms with E-state index < -0.39 is 23.7 Å². The van der Waals surface area contributed by atoms with Gasteiger partial charge in [0.05, 0.1) is 6.04 Å². The lowest BCUT2D eigenvalue weighted by Crippen LogP contribution is -2.55. The molecular weight excluding hydrogens is 248 g/mol. The Labute approximate surface area is 113 Å². The largest absolute Gasteiger partial charge is 0.459 e. The summed E-state index contributed by atoms with van der Waals surface area (Å²) in [5.74, 6) is -0.889. The zero-order valence-electron chi connectivity index (χ0n) is 12.1. The number of carbonyl (C=O) groups excluding carboxylic acids is 3. The number of likely N-dealkylation sites (tertiary alicyclic amines) is 1. The Kier molecular flexibility index (Phi) is 4.68. The van der Waals surface area contributed by atoms with Crippen molar-refractivity contribution < 1.29 is 19.1 Å². The van der Waals surface area contributed by atoms with Crippen molar-refractivity contribution in [2.75, 3.05) is 7.05 Å². The Hall–Kier alpha value is -1.43. The van der Waals surface area contributed by atoms with Crippen molar-refractivity contribution >= 4 is 17.8 Å². The summed E-state index contributed by atoms with van der Waals surface area (Å²) in [6.45, 7) is 7.01. The number of amides is 2. The van der Waals surface area contributed by atoms with Crippen molar-refractivity contribution in [3.63, 3.8) is 0 Å². The molecule has 19 heavy (non-hydrogen) atoms. The molecule has 0 spiro atoms. The van der Waals surface area contributed by atoms with Crippen LogP contribution in [0.2, 0.25) is 0 Å². The number of carbonyl (C=O) groups is 3. The topological polar surface area (TPSA) is 75.7 Å². The molecule has 1 saturated heterocycles. The van der Waals surface area contributed by atoms with Crippen molar-refractivity contribution in [2.24, 2.45) is 0 Å². The highest BCUT2D eigenvalue weighted by Gasteiger charge is 2.34. The summed E-state index contributed by atoms with van der Waals surface area (Å²) >= 11 is 0. The van der Waals surface area contributed by atoms with Gasteiger partial charge in [-0.3, -0.25) is 24.6 Å². The normalized spacial score (nSPS) is 22.4. The number of piperidine rings is 1. The van der Waals surface area contributed by atoms with Crippen LogP contribution in [0, 0.1) is 0 Å². The Morgan fingerprint density at radius 3 is 2.53 bits per heavy atom. The van der Waals surface area contributed by atoms with Crippen LogP contribution in [-0.4, -0.2) is 47.4 Å². The number of likely N-dealkylation sites (N-methyl/N-ethyl adjacent to an activating group) is 1. The number of nitrogens with one attached hydrogen (secondary N) is 1. The molecule has 1 aliphatic heterocycles. The monoisotopic (exact) mass is 270 g/mol. The summed E-state index contributed by atoms with van der Waals surface area (Å²) in [6.07, 6.45) is 0.718. The maximum absolute atomic E-state index is 11.9. The third kappa shape index (κ3) is 4.31. The van der Waals surface area contributed by atoms with Crippen LogP contribution in [0.4, 0.5) is 0 Å². The summed E-state index contributed by atoms with van der Waals surface area (Å²) in [5, 5.41) is 2.92. The second-order valence-corrected chi connectivity index (χ2v) is 5.80. The first-order valence-corrected chi connectivity index (χ1v) is 6.41. The molecule has 0 radical (unpaired) electrons. The van der Waals surface area contributed by atoms with Gasteiger partial charge in [-0.1, -0.05) is 0 Å². The summed E-state index contributed by atoms with van der Waals surface area (Å²) in [7, 11) is 1.46. The van der Waals surface area contributed by atoms with Gasteiger partial charge in [0.15, 0.2) is 0 Å². The van der Waals surface area contributed by atoms with Crippen LogP contribution in [0.1, 0.15) is 40.5 Å². The predicted molar refractivity (Wildman–Crippen MR) is 69.2 cm³/mol. The molecule has 0 aromatic heterocycles. The van der Waals surface area contributed by atoms with Gasteiger partial charge in [-0.15, -0.1) is 0 Å². The molecule has 0 aliphatic carbocycles. The molecule has 1 aliphatic rings. The fourth-order valence-electron chi connectivity index (χ4n) is 1.83. The SMILES string of the molecule is CC(NC1CCC(=O)N(C)C1=O)C(=O)OC(C)(C)C. The standard InChI is InChI=1S/C13H22N2O4/c1-8(12(18)19-13(2,3)4)14-9-6-7-10(16)15(5)11(9)17/h8-9,14H,6-7H2,1-5H3. The molecule has 6 heteroatoms. The summed E-state index contributed by atoms with van der Waals surface area (Å²) in [4.78, 5) is 36.1. The Balaban J connectivity index is 2.57. The van der Waals surface area contributed by atoms with E-state index in [2.05, 4.69) is 5.32 Å². The van der Waals surface area contributed by atoms with Crippen LogP contribution in [0.3, 0.4) is 0 Å². The van der Waals surface area contributed by atoms with E-state index >= 15 is 0 Å². The zero-order chi connectivity index (χ0) is 14.8. The van der Waals surface area contributed by atoms with Gasteiger partial charge in [-0.05, 0) is 34.1 Å². The molecule has 1 fully saturated rings. The molecule has 108 valence electrons. The molecule has 0 saturated carbocycles. The van der Waals surface area contributed by atoms with Crippen molar-refractivity contribution in [2.45, 2.75) is 58.2 Å². The lowest BCUT2D eigenvalue weighted by atomic mass is 10.0. The molecule has 1 heterocycles. The Morgan fingerprint density at radius 1 is 1.42 bits per heavy atom. The molecule has 2 amide bonds. The van der Waals surface area contributed by atoms with Gasteiger partial charge in [0.1, 0.15) is 11.6 Å². The smallest absolute Gasteiger partial charge is 0.323 e. The second kappa shape index (κ2) is 5.69. The molecule has 0 aromatic rings. The van der Waals surface area contributed by atoms with Gasteiger partial charge in [-0.25, -0.2) is 0 Å². The van der Waals surface area contributed by atoms with E-state index in [1.165, 1.54) is 7.05 Å². The average molecular weight is 270 g/mol. The lowest BCUT2D eigenvalue weighted by molar-refractivity contribution is -0.157. The third-order valence-electron chi connectivity index (χ3n) is 2.86. The van der Waals surface area contributed by atoms with Gasteiger partial charge in [0.25, 0.3) is 0 Å². The molecule has 0 aromatic carbocycles. The van der Waals surface area contributed by atoms with E-state index in [1.54, 1.807) is 27.7 Å². The third-order valence-corrected chi connectivity index (χ3v) is 2.86. The number of imide groups is 1. The maximum Gasteiger partial charge on any atom is 0.323 e. The maximum atomic E-state index is 11.9. The fraction of sp³-hybridized carbons (Fsp3) is 0.769. The highest BCUT2D eigenvalue weighted by molar-refractivity contribution is 6.00. The van der Waals surface area contributed by atoms with Crippen molar-refractivity contribution in [1.29, 1.82) is 0 Å². The van der Waals surface area contributed by atoms with Crippen LogP contribution < -0.4 is 5.32 Å². The van der Waals surface area contributed by atoms with Gasteiger partial charge >= 0.3 is 5.97 Å². The molecule has 2 unspecified atom stereocenters. The molecule has 0 bridgehead atoms. The number of hydrogen-bond acceptors (Lipinski definition) is 5. The van der Waals surface area contributed by atoms with Gasteiger partial charge in [-0.2, -0.15) is 0 Å². The lowest BCUT2D eigenvalue weighted by Gasteiger charge is -2.30. The minimum atomic E-state index is -0.588. The molecule has 1 rings (SSSR count). The number of nitrogens with zero attached hydrogens (tertiary/aromatic N) is 1. The van der Waals surface area contributed by atoms with Crippen LogP contribution in [0.25, 0.3) is 0 Å². The van der Waals surface area contributed by atoms with Crippen LogP contribution in [-0.2, 0) is 19.1 Å². The number of ether oxygens (including phenoxy) is 1. The predicted octanol–water partition coefficient (Wildman–Crippen LogP) is 0.454. The minimum absolute atomic E-state index is 0.187. The van der Waals surface area contributed by atoms with Crippen molar-refractivity contribution in [3.05, 3.63) is 0 Å². The van der Waals surface area contributed by atoms with E-state index in [9.17, 15) is 14.4 Å². The first-order chi connectivity index (χ1) is 8.61. The highest BCUT2D eigenvalue weighted by atomic mass is 16.6. The Bertz CT molecular complexity index is 387. The van der Waals surface area contributed by atoms with Gasteiger partial charge in [0.2, 0.25) is 11.8 Å². The molecule has 2 atom stereocenters.